The Balaban J connectivity index is 1.03. The average Bonchev–Trinajstić information content (AvgIpc) is 3.59. The van der Waals surface area contributed by atoms with E-state index in [1.54, 1.807) is 0 Å². The molecule has 0 aromatic heterocycles. The van der Waals surface area contributed by atoms with E-state index < -0.39 is 5.41 Å². The van der Waals surface area contributed by atoms with Gasteiger partial charge in [-0.05, 0) is 112 Å². The lowest BCUT2D eigenvalue weighted by Crippen LogP contribution is -2.42. The average molecular weight is 513 g/mol. The molecule has 2 heterocycles. The summed E-state index contributed by atoms with van der Waals surface area (Å²) in [5, 5.41) is 13.2. The number of amides is 2. The van der Waals surface area contributed by atoms with Crippen LogP contribution in [0.1, 0.15) is 61.6 Å². The lowest BCUT2D eigenvalue weighted by molar-refractivity contribution is -0.140. The molecule has 0 spiro atoms. The third-order valence-corrected chi connectivity index (χ3v) is 9.20. The van der Waals surface area contributed by atoms with Gasteiger partial charge in [0.05, 0.1) is 17.4 Å². The van der Waals surface area contributed by atoms with Crippen molar-refractivity contribution in [3.05, 3.63) is 59.2 Å². The third-order valence-electron chi connectivity index (χ3n) is 9.20. The smallest absolute Gasteiger partial charge is 0.324 e. The zero-order valence-corrected chi connectivity index (χ0v) is 22.0. The van der Waals surface area contributed by atoms with Gasteiger partial charge in [0.25, 0.3) is 0 Å². The largest absolute Gasteiger partial charge is 0.426 e. The molecule has 1 saturated carbocycles. The normalized spacial score (nSPS) is 24.7. The van der Waals surface area contributed by atoms with Gasteiger partial charge in [-0.15, -0.1) is 0 Å². The summed E-state index contributed by atoms with van der Waals surface area (Å²) in [4.78, 5) is 30.0. The number of benzene rings is 2. The van der Waals surface area contributed by atoms with E-state index in [0.717, 1.165) is 75.7 Å². The Bertz CT molecular complexity index is 1240. The predicted octanol–water partition coefficient (Wildman–Crippen LogP) is 4.73. The number of hydrogen-bond donors (Lipinski definition) is 1. The first-order chi connectivity index (χ1) is 18.6. The van der Waals surface area contributed by atoms with Crippen LogP contribution in [0.25, 0.3) is 0 Å². The number of piperidine rings is 1. The van der Waals surface area contributed by atoms with Crippen LogP contribution in [0, 0.1) is 17.2 Å². The number of esters is 1. The van der Waals surface area contributed by atoms with E-state index in [4.69, 9.17) is 4.74 Å². The number of anilines is 1. The van der Waals surface area contributed by atoms with Crippen LogP contribution >= 0.6 is 0 Å². The minimum absolute atomic E-state index is 0.0405. The summed E-state index contributed by atoms with van der Waals surface area (Å²) < 4.78 is 5.75. The molecule has 4 aliphatic rings. The summed E-state index contributed by atoms with van der Waals surface area (Å²) in [5.41, 5.74) is 4.17. The van der Waals surface area contributed by atoms with Gasteiger partial charge in [-0.25, -0.2) is 4.79 Å². The molecule has 0 atom stereocenters. The summed E-state index contributed by atoms with van der Waals surface area (Å²) in [6, 6.07) is 16.8. The number of carbonyl (C=O) groups is 2. The van der Waals surface area contributed by atoms with Crippen molar-refractivity contribution < 1.29 is 14.3 Å². The molecule has 2 aromatic rings. The summed E-state index contributed by atoms with van der Waals surface area (Å²) in [6.45, 7) is 3.06. The van der Waals surface area contributed by atoms with E-state index in [-0.39, 0.29) is 24.0 Å². The number of hydrogen-bond acceptors (Lipinski definition) is 5. The second-order valence-corrected chi connectivity index (χ2v) is 11.3. The summed E-state index contributed by atoms with van der Waals surface area (Å²) in [6.07, 6.45) is 8.11. The number of nitriles is 1. The van der Waals surface area contributed by atoms with Crippen LogP contribution in [0.5, 0.6) is 5.75 Å². The number of carbonyl (C=O) groups excluding carboxylic acids is 2. The van der Waals surface area contributed by atoms with Crippen LogP contribution in [-0.2, 0) is 23.1 Å². The molecule has 7 heteroatoms. The molecule has 0 radical (unpaired) electrons. The highest BCUT2D eigenvalue weighted by molar-refractivity contribution is 5.94. The Hall–Kier alpha value is -3.37. The number of rotatable bonds is 5. The number of fused-ring (bicyclic) bond motifs is 1. The van der Waals surface area contributed by atoms with Gasteiger partial charge in [-0.3, -0.25) is 9.69 Å². The van der Waals surface area contributed by atoms with Crippen molar-refractivity contribution in [2.45, 2.75) is 69.2 Å². The second kappa shape index (κ2) is 10.4. The SMILES string of the molecule is N#CC1(c2ccc(N3CCN([C@H]4CC[C@H](C(=O)Oc5ccc6c(c5)CCC6)CC4)C3=O)cc2)CCNCC1. The van der Waals surface area contributed by atoms with E-state index in [1.807, 2.05) is 46.2 Å². The Morgan fingerprint density at radius 1 is 0.974 bits per heavy atom. The van der Waals surface area contributed by atoms with Crippen LogP contribution in [0.15, 0.2) is 42.5 Å². The van der Waals surface area contributed by atoms with Crippen molar-refractivity contribution in [3.8, 4) is 11.8 Å². The highest BCUT2D eigenvalue weighted by Gasteiger charge is 2.39. The molecule has 2 aromatic carbocycles. The Labute approximate surface area is 224 Å². The van der Waals surface area contributed by atoms with Crippen molar-refractivity contribution in [3.63, 3.8) is 0 Å². The van der Waals surface area contributed by atoms with Crippen LogP contribution in [-0.4, -0.2) is 49.1 Å². The molecule has 38 heavy (non-hydrogen) atoms. The maximum Gasteiger partial charge on any atom is 0.324 e. The Morgan fingerprint density at radius 3 is 2.45 bits per heavy atom. The van der Waals surface area contributed by atoms with Crippen molar-refractivity contribution >= 4 is 17.7 Å². The third kappa shape index (κ3) is 4.67. The number of ether oxygens (including phenoxy) is 1. The van der Waals surface area contributed by atoms with Crippen LogP contribution < -0.4 is 15.0 Å². The van der Waals surface area contributed by atoms with E-state index >= 15 is 0 Å². The van der Waals surface area contributed by atoms with Crippen molar-refractivity contribution in [1.82, 2.24) is 10.2 Å². The first-order valence-electron chi connectivity index (χ1n) is 14.2. The molecule has 1 N–H and O–H groups in total. The van der Waals surface area contributed by atoms with Crippen LogP contribution in [0.3, 0.4) is 0 Å². The van der Waals surface area contributed by atoms with Crippen molar-refractivity contribution in [2.75, 3.05) is 31.1 Å². The molecular weight excluding hydrogens is 476 g/mol. The fraction of sp³-hybridized carbons (Fsp3) is 0.516. The molecular formula is C31H36N4O3. The van der Waals surface area contributed by atoms with Gasteiger partial charge >= 0.3 is 12.0 Å². The standard InChI is InChI=1S/C31H36N4O3/c32-21-31(14-16-33-17-15-31)25-7-11-27(12-8-25)35-19-18-34(30(35)37)26-9-4-23(5-10-26)29(36)38-28-13-6-22-2-1-3-24(22)20-28/h6-8,11-13,20,23,26,33H,1-5,9-10,14-19H2/t23-,26-. The van der Waals surface area contributed by atoms with Gasteiger partial charge in [0.1, 0.15) is 5.75 Å². The number of nitrogens with zero attached hydrogens (tertiary/aromatic N) is 3. The Morgan fingerprint density at radius 2 is 1.71 bits per heavy atom. The van der Waals surface area contributed by atoms with Crippen molar-refractivity contribution in [2.24, 2.45) is 5.92 Å². The zero-order chi connectivity index (χ0) is 26.1. The molecule has 2 saturated heterocycles. The minimum atomic E-state index is -0.439. The summed E-state index contributed by atoms with van der Waals surface area (Å²) >= 11 is 0. The molecule has 7 nitrogen and oxygen atoms in total. The van der Waals surface area contributed by atoms with Gasteiger partial charge < -0.3 is 15.0 Å². The van der Waals surface area contributed by atoms with Gasteiger partial charge in [0, 0.05) is 24.8 Å². The predicted molar refractivity (Wildman–Crippen MR) is 145 cm³/mol. The zero-order valence-electron chi connectivity index (χ0n) is 22.0. The van der Waals surface area contributed by atoms with Crippen molar-refractivity contribution in [1.29, 1.82) is 5.26 Å². The topological polar surface area (TPSA) is 85.7 Å². The van der Waals surface area contributed by atoms with E-state index in [2.05, 4.69) is 17.5 Å². The molecule has 6 rings (SSSR count). The molecule has 2 aliphatic heterocycles. The lowest BCUT2D eigenvalue weighted by atomic mass is 9.74. The molecule has 3 fully saturated rings. The molecule has 0 unspecified atom stereocenters. The minimum Gasteiger partial charge on any atom is -0.426 e. The lowest BCUT2D eigenvalue weighted by Gasteiger charge is -2.33. The number of nitrogens with one attached hydrogen (secondary N) is 1. The maximum absolute atomic E-state index is 13.4. The summed E-state index contributed by atoms with van der Waals surface area (Å²) in [5.74, 6) is 0.415. The van der Waals surface area contributed by atoms with E-state index in [1.165, 1.54) is 17.5 Å². The highest BCUT2D eigenvalue weighted by atomic mass is 16.5. The summed E-state index contributed by atoms with van der Waals surface area (Å²) in [7, 11) is 0. The van der Waals surface area contributed by atoms with E-state index in [0.29, 0.717) is 18.8 Å². The molecule has 2 amide bonds. The van der Waals surface area contributed by atoms with E-state index in [9.17, 15) is 14.9 Å². The molecule has 0 bridgehead atoms. The number of aryl methyl sites for hydroxylation is 2. The second-order valence-electron chi connectivity index (χ2n) is 11.3. The fourth-order valence-electron chi connectivity index (χ4n) is 6.85. The fourth-order valence-corrected chi connectivity index (χ4v) is 6.85. The van der Waals surface area contributed by atoms with Gasteiger partial charge in [-0.2, -0.15) is 5.26 Å². The van der Waals surface area contributed by atoms with Gasteiger partial charge in [0.2, 0.25) is 0 Å². The van der Waals surface area contributed by atoms with Gasteiger partial charge in [-0.1, -0.05) is 18.2 Å². The first-order valence-corrected chi connectivity index (χ1v) is 14.2. The Kier molecular flexibility index (Phi) is 6.84. The first kappa shape index (κ1) is 24.9. The van der Waals surface area contributed by atoms with Crippen LogP contribution in [0.2, 0.25) is 0 Å². The molecule has 2 aliphatic carbocycles. The number of urea groups is 1. The maximum atomic E-state index is 13.4. The van der Waals surface area contributed by atoms with Gasteiger partial charge in [0.15, 0.2) is 0 Å². The quantitative estimate of drug-likeness (QED) is 0.463. The molecule has 198 valence electrons. The van der Waals surface area contributed by atoms with Crippen LogP contribution in [0.4, 0.5) is 10.5 Å². The monoisotopic (exact) mass is 512 g/mol. The highest BCUT2D eigenvalue weighted by Crippen LogP contribution is 2.36.